The summed E-state index contributed by atoms with van der Waals surface area (Å²) in [5.41, 5.74) is 8.27. The lowest BCUT2D eigenvalue weighted by Crippen LogP contribution is -2.45. The summed E-state index contributed by atoms with van der Waals surface area (Å²) < 4.78 is 9.20. The molecule has 1 aromatic carbocycles. The molecule has 7 heteroatoms. The van der Waals surface area contributed by atoms with Crippen molar-refractivity contribution in [2.45, 2.75) is 26.4 Å². The third-order valence-corrected chi connectivity index (χ3v) is 5.78. The highest BCUT2D eigenvalue weighted by atomic mass is 16.5. The molecule has 0 spiro atoms. The van der Waals surface area contributed by atoms with Crippen molar-refractivity contribution in [3.63, 3.8) is 0 Å². The van der Waals surface area contributed by atoms with Gasteiger partial charge in [-0.05, 0) is 36.1 Å². The molecule has 2 aromatic heterocycles. The number of carbonyl (C=O) groups excluding carboxylic acids is 1. The van der Waals surface area contributed by atoms with Crippen molar-refractivity contribution in [3.8, 4) is 16.9 Å². The summed E-state index contributed by atoms with van der Waals surface area (Å²) in [5.74, 6) is 1.31. The third-order valence-electron chi connectivity index (χ3n) is 5.78. The van der Waals surface area contributed by atoms with E-state index in [0.29, 0.717) is 11.5 Å². The molecule has 3 heterocycles. The van der Waals surface area contributed by atoms with Crippen LogP contribution in [0, 0.1) is 6.92 Å². The Hall–Kier alpha value is -4.00. The molecule has 0 saturated heterocycles. The summed E-state index contributed by atoms with van der Waals surface area (Å²) in [7, 11) is 3.56. The number of nitrogens with one attached hydrogen (secondary N) is 2. The number of carbonyl (C=O) groups is 1. The second-order valence-corrected chi connectivity index (χ2v) is 7.92. The SMILES string of the molecule is C=C(/C=C\C=C/CC)c1c(-c2cccc(OC)c2C)cn2c1C(=O)NC(c1nccn1C)N2. The van der Waals surface area contributed by atoms with Crippen molar-refractivity contribution < 1.29 is 9.53 Å². The van der Waals surface area contributed by atoms with Gasteiger partial charge in [0.05, 0.1) is 7.11 Å². The van der Waals surface area contributed by atoms with Gasteiger partial charge >= 0.3 is 0 Å². The average Bonchev–Trinajstić information content (AvgIpc) is 3.40. The molecule has 0 saturated carbocycles. The molecule has 7 nitrogen and oxygen atoms in total. The van der Waals surface area contributed by atoms with E-state index in [4.69, 9.17) is 4.74 Å². The number of ether oxygens (including phenoxy) is 1. The van der Waals surface area contributed by atoms with Crippen molar-refractivity contribution in [2.75, 3.05) is 12.5 Å². The number of hydrogen-bond donors (Lipinski definition) is 2. The summed E-state index contributed by atoms with van der Waals surface area (Å²) in [6.45, 7) is 8.39. The van der Waals surface area contributed by atoms with Gasteiger partial charge < -0.3 is 14.6 Å². The molecule has 4 rings (SSSR count). The van der Waals surface area contributed by atoms with Crippen LogP contribution in [-0.4, -0.2) is 27.2 Å². The van der Waals surface area contributed by atoms with Crippen LogP contribution in [0.4, 0.5) is 0 Å². The predicted octanol–water partition coefficient (Wildman–Crippen LogP) is 4.73. The van der Waals surface area contributed by atoms with Crippen molar-refractivity contribution >= 4 is 11.5 Å². The fraction of sp³-hybridized carbons (Fsp3) is 0.231. The zero-order valence-corrected chi connectivity index (χ0v) is 19.4. The maximum absolute atomic E-state index is 13.3. The maximum atomic E-state index is 13.3. The largest absolute Gasteiger partial charge is 0.496 e. The third kappa shape index (κ3) is 4.09. The molecule has 170 valence electrons. The van der Waals surface area contributed by atoms with Gasteiger partial charge in [0, 0.05) is 36.8 Å². The van der Waals surface area contributed by atoms with Crippen LogP contribution in [0.15, 0.2) is 67.7 Å². The summed E-state index contributed by atoms with van der Waals surface area (Å²) in [4.78, 5) is 17.7. The van der Waals surface area contributed by atoms with E-state index in [1.54, 1.807) is 18.0 Å². The first-order valence-electron chi connectivity index (χ1n) is 10.9. The Morgan fingerprint density at radius 1 is 1.30 bits per heavy atom. The van der Waals surface area contributed by atoms with Crippen LogP contribution in [-0.2, 0) is 7.05 Å². The van der Waals surface area contributed by atoms with Gasteiger partial charge in [0.15, 0.2) is 12.0 Å². The van der Waals surface area contributed by atoms with Crippen LogP contribution in [0.1, 0.15) is 47.0 Å². The molecule has 33 heavy (non-hydrogen) atoms. The van der Waals surface area contributed by atoms with E-state index in [0.717, 1.165) is 40.0 Å². The number of benzene rings is 1. The van der Waals surface area contributed by atoms with Crippen molar-refractivity contribution in [1.82, 2.24) is 19.5 Å². The number of methoxy groups -OCH3 is 1. The van der Waals surface area contributed by atoms with Gasteiger partial charge in [0.1, 0.15) is 11.4 Å². The molecule has 1 aliphatic rings. The van der Waals surface area contributed by atoms with Crippen molar-refractivity contribution in [1.29, 1.82) is 0 Å². The zero-order valence-electron chi connectivity index (χ0n) is 19.4. The minimum absolute atomic E-state index is 0.192. The smallest absolute Gasteiger partial charge is 0.272 e. The fourth-order valence-electron chi connectivity index (χ4n) is 4.11. The Morgan fingerprint density at radius 2 is 2.12 bits per heavy atom. The van der Waals surface area contributed by atoms with Gasteiger partial charge in [0.2, 0.25) is 0 Å². The van der Waals surface area contributed by atoms with Crippen LogP contribution in [0.2, 0.25) is 0 Å². The molecule has 1 amide bonds. The monoisotopic (exact) mass is 443 g/mol. The molecular formula is C26H29N5O2. The quantitative estimate of drug-likeness (QED) is 0.518. The maximum Gasteiger partial charge on any atom is 0.272 e. The number of imidazole rings is 1. The number of aryl methyl sites for hydroxylation is 1. The minimum atomic E-state index is -0.458. The fourth-order valence-corrected chi connectivity index (χ4v) is 4.11. The number of allylic oxidation sites excluding steroid dienone is 5. The number of nitrogens with zero attached hydrogens (tertiary/aromatic N) is 3. The molecular weight excluding hydrogens is 414 g/mol. The highest BCUT2D eigenvalue weighted by Gasteiger charge is 2.32. The van der Waals surface area contributed by atoms with Gasteiger partial charge in [-0.2, -0.15) is 0 Å². The molecule has 0 fully saturated rings. The molecule has 1 unspecified atom stereocenters. The van der Waals surface area contributed by atoms with Crippen LogP contribution < -0.4 is 15.5 Å². The van der Waals surface area contributed by atoms with Gasteiger partial charge in [-0.25, -0.2) is 4.98 Å². The number of fused-ring (bicyclic) bond motifs is 1. The molecule has 2 N–H and O–H groups in total. The van der Waals surface area contributed by atoms with Crippen LogP contribution >= 0.6 is 0 Å². The average molecular weight is 444 g/mol. The minimum Gasteiger partial charge on any atom is -0.496 e. The lowest BCUT2D eigenvalue weighted by Gasteiger charge is -2.28. The zero-order chi connectivity index (χ0) is 23.5. The molecule has 1 aliphatic heterocycles. The van der Waals surface area contributed by atoms with Crippen molar-refractivity contribution in [3.05, 3.63) is 90.3 Å². The number of aromatic nitrogens is 3. The van der Waals surface area contributed by atoms with Crippen LogP contribution in [0.25, 0.3) is 16.7 Å². The molecule has 3 aromatic rings. The highest BCUT2D eigenvalue weighted by Crippen LogP contribution is 2.38. The van der Waals surface area contributed by atoms with Gasteiger partial charge in [-0.3, -0.25) is 14.9 Å². The van der Waals surface area contributed by atoms with Crippen LogP contribution in [0.3, 0.4) is 0 Å². The Morgan fingerprint density at radius 3 is 2.82 bits per heavy atom. The summed E-state index contributed by atoms with van der Waals surface area (Å²) in [5, 5.41) is 3.03. The predicted molar refractivity (Wildman–Crippen MR) is 132 cm³/mol. The van der Waals surface area contributed by atoms with Gasteiger partial charge in [-0.15, -0.1) is 0 Å². The molecule has 0 bridgehead atoms. The van der Waals surface area contributed by atoms with Crippen molar-refractivity contribution in [2.24, 2.45) is 7.05 Å². The number of rotatable bonds is 7. The van der Waals surface area contributed by atoms with E-state index in [-0.39, 0.29) is 5.91 Å². The number of amides is 1. The first-order chi connectivity index (χ1) is 16.0. The van der Waals surface area contributed by atoms with E-state index in [1.165, 1.54) is 0 Å². The second-order valence-electron chi connectivity index (χ2n) is 7.92. The second kappa shape index (κ2) is 9.24. The summed E-state index contributed by atoms with van der Waals surface area (Å²) >= 11 is 0. The van der Waals surface area contributed by atoms with E-state index in [1.807, 2.05) is 67.4 Å². The lowest BCUT2D eigenvalue weighted by atomic mass is 9.93. The summed E-state index contributed by atoms with van der Waals surface area (Å²) in [6, 6.07) is 5.92. The Balaban J connectivity index is 1.86. The number of hydrogen-bond acceptors (Lipinski definition) is 4. The summed E-state index contributed by atoms with van der Waals surface area (Å²) in [6.07, 6.45) is 13.9. The molecule has 0 radical (unpaired) electrons. The Kier molecular flexibility index (Phi) is 6.22. The van der Waals surface area contributed by atoms with E-state index < -0.39 is 6.17 Å². The Bertz CT molecular complexity index is 1260. The molecule has 0 aliphatic carbocycles. The Labute approximate surface area is 194 Å². The van der Waals surface area contributed by atoms with Crippen LogP contribution in [0.5, 0.6) is 5.75 Å². The topological polar surface area (TPSA) is 73.1 Å². The van der Waals surface area contributed by atoms with E-state index in [2.05, 4.69) is 35.3 Å². The molecule has 1 atom stereocenters. The van der Waals surface area contributed by atoms with Gasteiger partial charge in [-0.1, -0.05) is 49.9 Å². The highest BCUT2D eigenvalue weighted by molar-refractivity contribution is 6.04. The normalized spacial score (nSPS) is 15.5. The van der Waals surface area contributed by atoms with Gasteiger partial charge in [0.25, 0.3) is 5.91 Å². The first-order valence-corrected chi connectivity index (χ1v) is 10.9. The van der Waals surface area contributed by atoms with E-state index in [9.17, 15) is 4.79 Å². The standard InChI is InChI=1S/C26H29N5O2/c1-6-7-8-9-11-17(2)22-20(19-12-10-13-21(33-5)18(19)3)16-31-23(22)26(32)28-24(29-31)25-27-14-15-30(25)4/h7-16,24,29H,2,6H2,1,3-5H3,(H,28,32)/b8-7-,11-9-. The first kappa shape index (κ1) is 22.2. The van der Waals surface area contributed by atoms with E-state index >= 15 is 0 Å². The lowest BCUT2D eigenvalue weighted by molar-refractivity contribution is 0.0912.